The first-order chi connectivity index (χ1) is 10.6. The van der Waals surface area contributed by atoms with Gasteiger partial charge in [0.25, 0.3) is 0 Å². The second-order valence-corrected chi connectivity index (χ2v) is 6.00. The van der Waals surface area contributed by atoms with E-state index in [2.05, 4.69) is 0 Å². The van der Waals surface area contributed by atoms with E-state index < -0.39 is 12.1 Å². The van der Waals surface area contributed by atoms with Crippen molar-refractivity contribution >= 4 is 21.5 Å². The number of hydrogen-bond acceptors (Lipinski definition) is 0. The van der Waals surface area contributed by atoms with Crippen LogP contribution in [0.5, 0.6) is 0 Å². The molecule has 0 aromatic heterocycles. The Labute approximate surface area is 126 Å². The molecule has 0 heterocycles. The third kappa shape index (κ3) is 1.99. The van der Waals surface area contributed by atoms with E-state index >= 15 is 0 Å². The normalized spacial score (nSPS) is 18.6. The molecule has 3 aromatic carbocycles. The summed E-state index contributed by atoms with van der Waals surface area (Å²) in [6.07, 6.45) is -2.62. The lowest BCUT2D eigenvalue weighted by atomic mass is 9.79. The third-order valence-electron chi connectivity index (χ3n) is 4.76. The molecule has 0 fully saturated rings. The number of fused-ring (bicyclic) bond motifs is 5. The molecular formula is C19H15F3. The van der Waals surface area contributed by atoms with Gasteiger partial charge < -0.3 is 0 Å². The van der Waals surface area contributed by atoms with Crippen LogP contribution in [0.25, 0.3) is 21.5 Å². The van der Waals surface area contributed by atoms with E-state index in [4.69, 9.17) is 0 Å². The number of rotatable bonds is 0. The average Bonchev–Trinajstić information content (AvgIpc) is 2.52. The molecule has 0 aliphatic heterocycles. The molecule has 4 rings (SSSR count). The summed E-state index contributed by atoms with van der Waals surface area (Å²) >= 11 is 0. The van der Waals surface area contributed by atoms with Gasteiger partial charge in [-0.3, -0.25) is 0 Å². The van der Waals surface area contributed by atoms with Crippen LogP contribution in [-0.2, 0) is 6.42 Å². The molecule has 3 aromatic rings. The Morgan fingerprint density at radius 3 is 2.41 bits per heavy atom. The third-order valence-corrected chi connectivity index (χ3v) is 4.76. The molecule has 0 N–H and O–H groups in total. The smallest absolute Gasteiger partial charge is 0.170 e. The minimum Gasteiger partial charge on any atom is -0.170 e. The molecule has 1 aliphatic rings. The first-order valence-corrected chi connectivity index (χ1v) is 7.55. The number of hydrogen-bond donors (Lipinski definition) is 0. The lowest BCUT2D eigenvalue weighted by Gasteiger charge is -2.28. The predicted octanol–water partition coefficient (Wildman–Crippen LogP) is 5.98. The summed E-state index contributed by atoms with van der Waals surface area (Å²) in [6, 6.07) is 15.6. The van der Waals surface area contributed by atoms with Crippen LogP contribution in [0.3, 0.4) is 0 Å². The van der Waals surface area contributed by atoms with Gasteiger partial charge in [-0.1, -0.05) is 48.5 Å². The van der Waals surface area contributed by atoms with Gasteiger partial charge in [-0.05, 0) is 51.9 Å². The molecular weight excluding hydrogens is 285 g/mol. The maximum atomic E-state index is 13.3. The highest BCUT2D eigenvalue weighted by Gasteiger charge is 2.42. The second-order valence-electron chi connectivity index (χ2n) is 6.00. The van der Waals surface area contributed by atoms with Crippen molar-refractivity contribution in [1.29, 1.82) is 0 Å². The van der Waals surface area contributed by atoms with Crippen molar-refractivity contribution < 1.29 is 13.2 Å². The highest BCUT2D eigenvalue weighted by Crippen LogP contribution is 2.45. The van der Waals surface area contributed by atoms with Crippen molar-refractivity contribution in [2.75, 3.05) is 0 Å². The molecule has 0 spiro atoms. The van der Waals surface area contributed by atoms with Crippen LogP contribution in [-0.4, -0.2) is 6.18 Å². The minimum atomic E-state index is -4.15. The topological polar surface area (TPSA) is 0 Å². The molecule has 0 nitrogen and oxygen atoms in total. The maximum absolute atomic E-state index is 13.3. The van der Waals surface area contributed by atoms with Gasteiger partial charge in [0.1, 0.15) is 0 Å². The highest BCUT2D eigenvalue weighted by atomic mass is 19.4. The average molecular weight is 300 g/mol. The number of aryl methyl sites for hydroxylation is 1. The van der Waals surface area contributed by atoms with Crippen LogP contribution >= 0.6 is 0 Å². The standard InChI is InChI=1S/C19H15F3/c20-19(21,22)18-7-3-6-14-16-9-8-12-4-1-2-5-13(12)15(16)10-11-17(14)18/h1-2,4-5,8-11,18H,3,6-7H2. The molecule has 112 valence electrons. The minimum absolute atomic E-state index is 0.204. The van der Waals surface area contributed by atoms with E-state index in [1.165, 1.54) is 0 Å². The van der Waals surface area contributed by atoms with E-state index in [1.54, 1.807) is 6.07 Å². The van der Waals surface area contributed by atoms with E-state index in [0.717, 1.165) is 33.5 Å². The van der Waals surface area contributed by atoms with Crippen molar-refractivity contribution in [3.8, 4) is 0 Å². The Hall–Kier alpha value is -2.03. The molecule has 22 heavy (non-hydrogen) atoms. The predicted molar refractivity (Wildman–Crippen MR) is 83.2 cm³/mol. The first-order valence-electron chi connectivity index (χ1n) is 7.55. The van der Waals surface area contributed by atoms with Crippen LogP contribution in [0.4, 0.5) is 13.2 Å². The molecule has 0 bridgehead atoms. The number of alkyl halides is 3. The fourth-order valence-electron chi connectivity index (χ4n) is 3.75. The molecule has 0 saturated heterocycles. The molecule has 1 atom stereocenters. The lowest BCUT2D eigenvalue weighted by Crippen LogP contribution is -2.25. The van der Waals surface area contributed by atoms with Crippen LogP contribution in [0.2, 0.25) is 0 Å². The molecule has 0 radical (unpaired) electrons. The summed E-state index contributed by atoms with van der Waals surface area (Å²) < 4.78 is 39.8. The number of benzene rings is 3. The zero-order valence-corrected chi connectivity index (χ0v) is 12.0. The summed E-state index contributed by atoms with van der Waals surface area (Å²) in [5.41, 5.74) is 1.36. The second kappa shape index (κ2) is 4.73. The fraction of sp³-hybridized carbons (Fsp3) is 0.263. The van der Waals surface area contributed by atoms with Gasteiger partial charge in [0.2, 0.25) is 0 Å². The Kier molecular flexibility index (Phi) is 2.93. The summed E-state index contributed by atoms with van der Waals surface area (Å²) in [7, 11) is 0. The summed E-state index contributed by atoms with van der Waals surface area (Å²) in [5, 5.41) is 4.26. The van der Waals surface area contributed by atoms with Crippen LogP contribution in [0.1, 0.15) is 29.9 Å². The summed E-state index contributed by atoms with van der Waals surface area (Å²) in [6.45, 7) is 0. The molecule has 1 unspecified atom stereocenters. The first kappa shape index (κ1) is 13.6. The van der Waals surface area contributed by atoms with Gasteiger partial charge in [-0.15, -0.1) is 0 Å². The van der Waals surface area contributed by atoms with Gasteiger partial charge in [-0.2, -0.15) is 13.2 Å². The Balaban J connectivity index is 2.02. The summed E-state index contributed by atoms with van der Waals surface area (Å²) in [4.78, 5) is 0. The Morgan fingerprint density at radius 2 is 1.59 bits per heavy atom. The largest absolute Gasteiger partial charge is 0.395 e. The van der Waals surface area contributed by atoms with Crippen molar-refractivity contribution in [3.63, 3.8) is 0 Å². The quantitative estimate of drug-likeness (QED) is 0.448. The van der Waals surface area contributed by atoms with Crippen molar-refractivity contribution in [3.05, 3.63) is 59.7 Å². The SMILES string of the molecule is FC(F)(F)C1CCCc2c1ccc1c2ccc2ccccc21. The Bertz CT molecular complexity index is 862. The Morgan fingerprint density at radius 1 is 0.818 bits per heavy atom. The zero-order chi connectivity index (χ0) is 15.3. The van der Waals surface area contributed by atoms with Gasteiger partial charge in [0, 0.05) is 0 Å². The molecule has 0 amide bonds. The van der Waals surface area contributed by atoms with Gasteiger partial charge in [0.15, 0.2) is 0 Å². The number of halogens is 3. The summed E-state index contributed by atoms with van der Waals surface area (Å²) in [5.74, 6) is -1.31. The molecule has 1 aliphatic carbocycles. The van der Waals surface area contributed by atoms with Gasteiger partial charge in [0.05, 0.1) is 5.92 Å². The van der Waals surface area contributed by atoms with Crippen molar-refractivity contribution in [2.45, 2.75) is 31.4 Å². The molecule has 3 heteroatoms. The van der Waals surface area contributed by atoms with Gasteiger partial charge >= 0.3 is 6.18 Å². The van der Waals surface area contributed by atoms with E-state index in [9.17, 15) is 13.2 Å². The van der Waals surface area contributed by atoms with Crippen LogP contribution in [0.15, 0.2) is 48.5 Å². The van der Waals surface area contributed by atoms with Gasteiger partial charge in [-0.25, -0.2) is 0 Å². The van der Waals surface area contributed by atoms with Crippen molar-refractivity contribution in [2.24, 2.45) is 0 Å². The van der Waals surface area contributed by atoms with Crippen LogP contribution in [0, 0.1) is 0 Å². The van der Waals surface area contributed by atoms with Crippen molar-refractivity contribution in [1.82, 2.24) is 0 Å². The monoisotopic (exact) mass is 300 g/mol. The lowest BCUT2D eigenvalue weighted by molar-refractivity contribution is -0.153. The van der Waals surface area contributed by atoms with Crippen LogP contribution < -0.4 is 0 Å². The van der Waals surface area contributed by atoms with E-state index in [0.29, 0.717) is 12.0 Å². The highest BCUT2D eigenvalue weighted by molar-refractivity contribution is 6.08. The zero-order valence-electron chi connectivity index (χ0n) is 12.0. The fourth-order valence-corrected chi connectivity index (χ4v) is 3.75. The van der Waals surface area contributed by atoms with E-state index in [1.807, 2.05) is 42.5 Å². The molecule has 0 saturated carbocycles. The van der Waals surface area contributed by atoms with E-state index in [-0.39, 0.29) is 6.42 Å². The maximum Gasteiger partial charge on any atom is 0.395 e.